The third kappa shape index (κ3) is 2.96. The predicted octanol–water partition coefficient (Wildman–Crippen LogP) is 2.57. The zero-order valence-electron chi connectivity index (χ0n) is 15.4. The second-order valence-corrected chi connectivity index (χ2v) is 8.35. The fraction of sp³-hybridized carbons (Fsp3) is 0.550. The number of nitrogens with one attached hydrogen (secondary N) is 2. The highest BCUT2D eigenvalue weighted by atomic mass is 79.9. The summed E-state index contributed by atoms with van der Waals surface area (Å²) in [6.07, 6.45) is 7.67. The minimum atomic E-state index is -0.108. The molecule has 1 aliphatic heterocycles. The maximum atomic E-state index is 12.8. The number of halogens is 1. The lowest BCUT2D eigenvalue weighted by molar-refractivity contribution is -0.129. The predicted molar refractivity (Wildman–Crippen MR) is 105 cm³/mol. The molecule has 3 aliphatic rings. The number of hydrogen-bond acceptors (Lipinski definition) is 3. The molecule has 2 N–H and O–H groups in total. The van der Waals surface area contributed by atoms with Gasteiger partial charge in [-0.1, -0.05) is 22.4 Å². The molecule has 1 spiro atoms. The maximum absolute atomic E-state index is 12.8. The Morgan fingerprint density at radius 2 is 2.19 bits per heavy atom. The first kappa shape index (κ1) is 18.5. The number of aromatic amines is 1. The summed E-state index contributed by atoms with van der Waals surface area (Å²) in [5.41, 5.74) is 3.75. The number of likely N-dealkylation sites (tertiary alicyclic amines) is 1. The minimum Gasteiger partial charge on any atom is -0.358 e. The summed E-state index contributed by atoms with van der Waals surface area (Å²) in [7, 11) is 0. The Labute approximate surface area is 166 Å². The number of alkyl halides is 1. The highest BCUT2D eigenvalue weighted by molar-refractivity contribution is 9.09. The van der Waals surface area contributed by atoms with Gasteiger partial charge in [0.25, 0.3) is 0 Å². The molecule has 2 amide bonds. The van der Waals surface area contributed by atoms with Crippen LogP contribution in [0, 0.1) is 12.8 Å². The monoisotopic (exact) mass is 433 g/mol. The molecule has 2 unspecified atom stereocenters. The SMILES string of the molecule is Cc1c[nH]c2c1C13CC1CN(C(=O)CCCCCNC(=O)CBr)C3=CC2=O. The molecule has 2 fully saturated rings. The van der Waals surface area contributed by atoms with Crippen LogP contribution >= 0.6 is 15.9 Å². The highest BCUT2D eigenvalue weighted by Gasteiger charge is 2.67. The Morgan fingerprint density at radius 3 is 2.96 bits per heavy atom. The molecule has 2 atom stereocenters. The molecule has 0 bridgehead atoms. The van der Waals surface area contributed by atoms with Crippen LogP contribution in [0.2, 0.25) is 0 Å². The number of nitrogens with zero attached hydrogens (tertiary/aromatic N) is 1. The summed E-state index contributed by atoms with van der Waals surface area (Å²) in [6, 6.07) is 0. The summed E-state index contributed by atoms with van der Waals surface area (Å²) < 4.78 is 0. The highest BCUT2D eigenvalue weighted by Crippen LogP contribution is 2.67. The van der Waals surface area contributed by atoms with Crippen LogP contribution in [0.15, 0.2) is 18.0 Å². The Balaban J connectivity index is 1.35. The Kier molecular flexibility index (Phi) is 4.74. The number of carbonyl (C=O) groups excluding carboxylic acids is 3. The first-order valence-electron chi connectivity index (χ1n) is 9.57. The lowest BCUT2D eigenvalue weighted by atomic mass is 9.83. The zero-order valence-corrected chi connectivity index (χ0v) is 17.0. The van der Waals surface area contributed by atoms with E-state index in [0.29, 0.717) is 29.9 Å². The molecule has 1 aromatic heterocycles. The van der Waals surface area contributed by atoms with Crippen molar-refractivity contribution in [3.8, 4) is 0 Å². The van der Waals surface area contributed by atoms with Crippen molar-refractivity contribution < 1.29 is 14.4 Å². The molecular weight excluding hydrogens is 410 g/mol. The van der Waals surface area contributed by atoms with Gasteiger partial charge in [-0.05, 0) is 43.2 Å². The standard InChI is InChI=1S/C20H24BrN3O3/c1-12-10-23-19-14(25)7-15-20(18(12)19)8-13(20)11-24(15)17(27)5-3-2-4-6-22-16(26)9-21/h7,10,13,23H,2-6,8-9,11H2,1H3,(H,22,26). The molecule has 144 valence electrons. The smallest absolute Gasteiger partial charge is 0.230 e. The van der Waals surface area contributed by atoms with Gasteiger partial charge in [0, 0.05) is 42.9 Å². The lowest BCUT2D eigenvalue weighted by Crippen LogP contribution is -2.33. The van der Waals surface area contributed by atoms with Gasteiger partial charge in [0.1, 0.15) is 0 Å². The van der Waals surface area contributed by atoms with E-state index in [2.05, 4.69) is 26.2 Å². The molecule has 6 nitrogen and oxygen atoms in total. The van der Waals surface area contributed by atoms with E-state index in [-0.39, 0.29) is 23.0 Å². The average molecular weight is 434 g/mol. The number of ketones is 1. The Hall–Kier alpha value is -1.89. The summed E-state index contributed by atoms with van der Waals surface area (Å²) in [4.78, 5) is 41.4. The Bertz CT molecular complexity index is 844. The molecule has 2 aliphatic carbocycles. The van der Waals surface area contributed by atoms with Crippen molar-refractivity contribution in [2.24, 2.45) is 5.92 Å². The van der Waals surface area contributed by atoms with E-state index in [1.54, 1.807) is 6.08 Å². The van der Waals surface area contributed by atoms with Crippen LogP contribution in [-0.4, -0.2) is 45.9 Å². The molecule has 1 aromatic rings. The summed E-state index contributed by atoms with van der Waals surface area (Å²) in [5, 5.41) is 3.13. The van der Waals surface area contributed by atoms with Crippen molar-refractivity contribution in [1.82, 2.24) is 15.2 Å². The van der Waals surface area contributed by atoms with Crippen molar-refractivity contribution in [3.05, 3.63) is 34.8 Å². The number of aromatic nitrogens is 1. The third-order valence-corrected chi connectivity index (χ3v) is 6.61. The van der Waals surface area contributed by atoms with Crippen molar-refractivity contribution in [2.75, 3.05) is 18.4 Å². The fourth-order valence-electron chi connectivity index (χ4n) is 4.78. The second kappa shape index (κ2) is 6.93. The van der Waals surface area contributed by atoms with Crippen LogP contribution in [0.5, 0.6) is 0 Å². The van der Waals surface area contributed by atoms with Gasteiger partial charge in [-0.3, -0.25) is 14.4 Å². The van der Waals surface area contributed by atoms with Crippen LogP contribution in [-0.2, 0) is 15.0 Å². The van der Waals surface area contributed by atoms with Crippen LogP contribution in [0.1, 0.15) is 53.7 Å². The summed E-state index contributed by atoms with van der Waals surface area (Å²) >= 11 is 3.11. The molecule has 1 saturated heterocycles. The fourth-order valence-corrected chi connectivity index (χ4v) is 4.97. The molecule has 1 saturated carbocycles. The van der Waals surface area contributed by atoms with E-state index in [9.17, 15) is 14.4 Å². The summed E-state index contributed by atoms with van der Waals surface area (Å²) in [6.45, 7) is 3.40. The van der Waals surface area contributed by atoms with Crippen molar-refractivity contribution in [3.63, 3.8) is 0 Å². The molecule has 4 rings (SSSR count). The number of amides is 2. The van der Waals surface area contributed by atoms with E-state index in [4.69, 9.17) is 0 Å². The number of aryl methyl sites for hydroxylation is 1. The van der Waals surface area contributed by atoms with Crippen LogP contribution in [0.3, 0.4) is 0 Å². The summed E-state index contributed by atoms with van der Waals surface area (Å²) in [5.74, 6) is 0.517. The van der Waals surface area contributed by atoms with E-state index in [1.165, 1.54) is 0 Å². The first-order chi connectivity index (χ1) is 13.0. The number of carbonyl (C=O) groups is 3. The number of H-pyrrole nitrogens is 1. The van der Waals surface area contributed by atoms with Gasteiger partial charge < -0.3 is 15.2 Å². The van der Waals surface area contributed by atoms with Crippen molar-refractivity contribution in [2.45, 2.75) is 44.4 Å². The van der Waals surface area contributed by atoms with E-state index in [1.807, 2.05) is 18.0 Å². The van der Waals surface area contributed by atoms with E-state index in [0.717, 1.165) is 49.1 Å². The number of allylic oxidation sites excluding steroid dienone is 2. The van der Waals surface area contributed by atoms with E-state index >= 15 is 0 Å². The third-order valence-electron chi connectivity index (χ3n) is 6.11. The molecule has 0 radical (unpaired) electrons. The van der Waals surface area contributed by atoms with Gasteiger partial charge in [-0.25, -0.2) is 0 Å². The van der Waals surface area contributed by atoms with Gasteiger partial charge in [0.15, 0.2) is 0 Å². The zero-order chi connectivity index (χ0) is 19.2. The molecule has 2 heterocycles. The van der Waals surface area contributed by atoms with Gasteiger partial charge in [-0.15, -0.1) is 0 Å². The average Bonchev–Trinajstić information content (AvgIpc) is 3.05. The number of rotatable bonds is 7. The van der Waals surface area contributed by atoms with Crippen molar-refractivity contribution in [1.29, 1.82) is 0 Å². The first-order valence-corrected chi connectivity index (χ1v) is 10.7. The molecular formula is C20H24BrN3O3. The maximum Gasteiger partial charge on any atom is 0.230 e. The van der Waals surface area contributed by atoms with Crippen molar-refractivity contribution >= 4 is 33.5 Å². The number of fused-ring (bicyclic) bond motifs is 1. The lowest BCUT2D eigenvalue weighted by Gasteiger charge is -2.28. The quantitative estimate of drug-likeness (QED) is 0.511. The molecule has 0 aromatic carbocycles. The largest absolute Gasteiger partial charge is 0.358 e. The molecule has 7 heteroatoms. The Morgan fingerprint density at radius 1 is 1.37 bits per heavy atom. The van der Waals surface area contributed by atoms with Gasteiger partial charge >= 0.3 is 0 Å². The number of hydrogen-bond donors (Lipinski definition) is 2. The minimum absolute atomic E-state index is 0.0130. The van der Waals surface area contributed by atoms with Gasteiger partial charge in [-0.2, -0.15) is 0 Å². The van der Waals surface area contributed by atoms with Gasteiger partial charge in [0.2, 0.25) is 17.6 Å². The van der Waals surface area contributed by atoms with Crippen LogP contribution in [0.25, 0.3) is 0 Å². The second-order valence-electron chi connectivity index (χ2n) is 7.79. The normalized spacial score (nSPS) is 24.8. The number of piperidine rings is 1. The topological polar surface area (TPSA) is 82.3 Å². The number of unbranched alkanes of at least 4 members (excludes halogenated alkanes) is 2. The molecule has 27 heavy (non-hydrogen) atoms. The van der Waals surface area contributed by atoms with E-state index < -0.39 is 0 Å². The van der Waals surface area contributed by atoms with Crippen LogP contribution < -0.4 is 5.32 Å². The van der Waals surface area contributed by atoms with Crippen LogP contribution in [0.4, 0.5) is 0 Å². The van der Waals surface area contributed by atoms with Gasteiger partial charge in [0.05, 0.1) is 11.0 Å².